The average molecular weight is 701 g/mol. The summed E-state index contributed by atoms with van der Waals surface area (Å²) in [5.41, 5.74) is -1.27. The highest BCUT2D eigenvalue weighted by Crippen LogP contribution is 2.65. The Hall–Kier alpha value is -3.82. The van der Waals surface area contributed by atoms with Crippen LogP contribution in [0.4, 0.5) is 9.59 Å². The first-order valence-corrected chi connectivity index (χ1v) is 18.3. The molecule has 6 atom stereocenters. The van der Waals surface area contributed by atoms with Crippen LogP contribution in [-0.2, 0) is 23.9 Å². The summed E-state index contributed by atoms with van der Waals surface area (Å²) in [6, 6.07) is -4.11. The Morgan fingerprint density at radius 3 is 2.20 bits per heavy atom. The third kappa shape index (κ3) is 9.69. The summed E-state index contributed by atoms with van der Waals surface area (Å²) in [6.07, 6.45) is 10.0. The molecule has 1 saturated heterocycles. The smallest absolute Gasteiger partial charge is 0.407 e. The number of rotatable bonds is 15. The third-order valence-corrected chi connectivity index (χ3v) is 11.0. The first kappa shape index (κ1) is 40.6. The normalized spacial score (nSPS) is 23.5. The maximum Gasteiger partial charge on any atom is 0.407 e. The molecule has 1 heterocycles. The van der Waals surface area contributed by atoms with Gasteiger partial charge < -0.3 is 36.2 Å². The number of nitrogens with zero attached hydrogens (tertiary/aromatic N) is 1. The van der Waals surface area contributed by atoms with Crippen LogP contribution < -0.4 is 26.6 Å². The summed E-state index contributed by atoms with van der Waals surface area (Å²) < 4.78 is 5.35. The van der Waals surface area contributed by atoms with Gasteiger partial charge in [0.25, 0.3) is 5.91 Å². The standard InChI is InChI=1S/C37H60N6O7/c1-10-13-17-24(28(44)31(46)39-20-11-2)40-30(45)27-26-23(36(26,7)8)21-43(27)32(47)29(37(9)18-15-14-16-19-37)42-33(48)41-25(35(4,5)6)22-50-34(49)38-12-3/h1,23-27,29H,11-22H2,2-9H3,(H,38,49)(H,39,46)(H,40,45)(H2,41,42,48)/t23?,24?,25-,26?,27+,29-/m1/s1. The van der Waals surface area contributed by atoms with Crippen molar-refractivity contribution in [3.8, 4) is 12.3 Å². The van der Waals surface area contributed by atoms with Crippen LogP contribution in [0.3, 0.4) is 0 Å². The Morgan fingerprint density at radius 1 is 0.960 bits per heavy atom. The van der Waals surface area contributed by atoms with Gasteiger partial charge in [-0.3, -0.25) is 19.2 Å². The Balaban J connectivity index is 1.88. The summed E-state index contributed by atoms with van der Waals surface area (Å²) in [5, 5.41) is 13.9. The van der Waals surface area contributed by atoms with Crippen LogP contribution in [0.5, 0.6) is 0 Å². The lowest BCUT2D eigenvalue weighted by molar-refractivity contribution is -0.146. The molecule has 50 heavy (non-hydrogen) atoms. The van der Waals surface area contributed by atoms with Gasteiger partial charge in [0.05, 0.1) is 12.1 Å². The molecule has 280 valence electrons. The Morgan fingerprint density at radius 2 is 1.62 bits per heavy atom. The maximum atomic E-state index is 14.7. The number of likely N-dealkylation sites (tertiary alicyclic amines) is 1. The zero-order chi connectivity index (χ0) is 37.4. The summed E-state index contributed by atoms with van der Waals surface area (Å²) in [6.45, 7) is 16.5. The summed E-state index contributed by atoms with van der Waals surface area (Å²) >= 11 is 0. The molecule has 0 aromatic rings. The van der Waals surface area contributed by atoms with E-state index in [1.165, 1.54) is 0 Å². The first-order valence-electron chi connectivity index (χ1n) is 18.3. The Kier molecular flexibility index (Phi) is 13.7. The fourth-order valence-corrected chi connectivity index (χ4v) is 7.59. The number of hydrogen-bond donors (Lipinski definition) is 5. The van der Waals surface area contributed by atoms with E-state index in [1.807, 2.05) is 34.6 Å². The molecule has 0 aromatic carbocycles. The van der Waals surface area contributed by atoms with Crippen LogP contribution in [0.2, 0.25) is 0 Å². The number of piperidine rings is 1. The zero-order valence-electron chi connectivity index (χ0n) is 31.3. The van der Waals surface area contributed by atoms with Crippen molar-refractivity contribution < 1.29 is 33.5 Å². The van der Waals surface area contributed by atoms with Gasteiger partial charge in [0, 0.05) is 26.1 Å². The number of carbonyl (C=O) groups is 6. The lowest BCUT2D eigenvalue weighted by Crippen LogP contribution is -2.63. The minimum Gasteiger partial charge on any atom is -0.447 e. The number of amides is 6. The molecular formula is C37H60N6O7. The molecule has 5 N–H and O–H groups in total. The molecule has 0 bridgehead atoms. The Bertz CT molecular complexity index is 1310. The van der Waals surface area contributed by atoms with Gasteiger partial charge in [0.2, 0.25) is 17.6 Å². The van der Waals surface area contributed by atoms with E-state index in [9.17, 15) is 28.8 Å². The summed E-state index contributed by atoms with van der Waals surface area (Å²) in [5.74, 6) is -0.0594. The van der Waals surface area contributed by atoms with Gasteiger partial charge in [0.1, 0.15) is 18.7 Å². The van der Waals surface area contributed by atoms with Crippen LogP contribution in [-0.4, -0.2) is 90.9 Å². The first-order chi connectivity index (χ1) is 23.4. The number of Topliss-reactive ketones (excluding diaryl/α,β-unsaturated/α-hetero) is 1. The van der Waals surface area contributed by atoms with Crippen molar-refractivity contribution in [2.24, 2.45) is 28.1 Å². The van der Waals surface area contributed by atoms with E-state index in [1.54, 1.807) is 11.8 Å². The summed E-state index contributed by atoms with van der Waals surface area (Å²) in [7, 11) is 0. The number of carbonyl (C=O) groups excluding carboxylic acids is 6. The highest BCUT2D eigenvalue weighted by Gasteiger charge is 2.70. The molecule has 13 nitrogen and oxygen atoms in total. The molecule has 0 spiro atoms. The number of ketones is 1. The molecule has 3 unspecified atom stereocenters. The maximum absolute atomic E-state index is 14.7. The second kappa shape index (κ2) is 16.9. The number of nitrogens with one attached hydrogen (secondary N) is 5. The quantitative estimate of drug-likeness (QED) is 0.129. The van der Waals surface area contributed by atoms with Gasteiger partial charge in [-0.25, -0.2) is 9.59 Å². The van der Waals surface area contributed by atoms with Gasteiger partial charge in [-0.15, -0.1) is 12.3 Å². The zero-order valence-corrected chi connectivity index (χ0v) is 31.3. The number of fused-ring (bicyclic) bond motifs is 1. The molecule has 6 amide bonds. The molecule has 1 aliphatic heterocycles. The summed E-state index contributed by atoms with van der Waals surface area (Å²) in [4.78, 5) is 81.9. The lowest BCUT2D eigenvalue weighted by atomic mass is 9.70. The van der Waals surface area contributed by atoms with Crippen LogP contribution in [0, 0.1) is 40.4 Å². The fourth-order valence-electron chi connectivity index (χ4n) is 7.59. The molecule has 3 fully saturated rings. The van der Waals surface area contributed by atoms with E-state index in [-0.39, 0.29) is 42.6 Å². The van der Waals surface area contributed by atoms with E-state index < -0.39 is 64.7 Å². The van der Waals surface area contributed by atoms with Gasteiger partial charge in [0.15, 0.2) is 0 Å². The average Bonchev–Trinajstić information content (AvgIpc) is 3.36. The lowest BCUT2D eigenvalue weighted by Gasteiger charge is -2.43. The highest BCUT2D eigenvalue weighted by atomic mass is 16.5. The molecule has 3 aliphatic rings. The van der Waals surface area contributed by atoms with Crippen molar-refractivity contribution in [1.29, 1.82) is 0 Å². The predicted octanol–water partition coefficient (Wildman–Crippen LogP) is 3.26. The van der Waals surface area contributed by atoms with Crippen molar-refractivity contribution in [1.82, 2.24) is 31.5 Å². The van der Waals surface area contributed by atoms with Crippen LogP contribution in [0.25, 0.3) is 0 Å². The van der Waals surface area contributed by atoms with Gasteiger partial charge in [-0.1, -0.05) is 67.7 Å². The van der Waals surface area contributed by atoms with Crippen molar-refractivity contribution in [3.05, 3.63) is 0 Å². The van der Waals surface area contributed by atoms with E-state index in [0.29, 0.717) is 38.9 Å². The minimum absolute atomic E-state index is 0.0558. The molecule has 0 radical (unpaired) electrons. The fraction of sp³-hybridized carbons (Fsp3) is 0.784. The predicted molar refractivity (Wildman–Crippen MR) is 189 cm³/mol. The van der Waals surface area contributed by atoms with Crippen molar-refractivity contribution >= 4 is 35.6 Å². The molecule has 0 aromatic heterocycles. The van der Waals surface area contributed by atoms with Crippen LogP contribution in [0.15, 0.2) is 0 Å². The minimum atomic E-state index is -1.14. The molecule has 3 rings (SSSR count). The van der Waals surface area contributed by atoms with E-state index >= 15 is 0 Å². The van der Waals surface area contributed by atoms with Crippen molar-refractivity contribution in [2.75, 3.05) is 26.2 Å². The van der Waals surface area contributed by atoms with Gasteiger partial charge in [-0.05, 0) is 60.7 Å². The number of alkyl carbamates (subject to hydrolysis) is 1. The van der Waals surface area contributed by atoms with Crippen molar-refractivity contribution in [3.63, 3.8) is 0 Å². The van der Waals surface area contributed by atoms with Crippen LogP contribution in [0.1, 0.15) is 107 Å². The van der Waals surface area contributed by atoms with Crippen molar-refractivity contribution in [2.45, 2.75) is 131 Å². The monoisotopic (exact) mass is 700 g/mol. The van der Waals surface area contributed by atoms with Crippen LogP contribution >= 0.6 is 0 Å². The number of hydrogen-bond acceptors (Lipinski definition) is 7. The number of ether oxygens (including phenoxy) is 1. The Labute approximate surface area is 297 Å². The third-order valence-electron chi connectivity index (χ3n) is 11.0. The molecule has 13 heteroatoms. The number of urea groups is 1. The largest absolute Gasteiger partial charge is 0.447 e. The SMILES string of the molecule is C#CCCC(NC(=O)[C@@H]1C2C(CN1C(=O)[C@@H](NC(=O)N[C@H](COC(=O)NCC)C(C)(C)C)C1(C)CCCCC1)C2(C)C)C(=O)C(=O)NCCC. The second-order valence-corrected chi connectivity index (χ2v) is 16.1. The number of terminal acetylenes is 1. The highest BCUT2D eigenvalue weighted by molar-refractivity contribution is 6.38. The topological polar surface area (TPSA) is 175 Å². The van der Waals surface area contributed by atoms with Gasteiger partial charge in [-0.2, -0.15) is 0 Å². The molecule has 2 saturated carbocycles. The second-order valence-electron chi connectivity index (χ2n) is 16.1. The molecular weight excluding hydrogens is 640 g/mol. The van der Waals surface area contributed by atoms with Gasteiger partial charge >= 0.3 is 12.1 Å². The molecule has 2 aliphatic carbocycles. The van der Waals surface area contributed by atoms with E-state index in [2.05, 4.69) is 46.4 Å². The van der Waals surface area contributed by atoms with E-state index in [0.717, 1.165) is 19.3 Å². The van der Waals surface area contributed by atoms with E-state index in [4.69, 9.17) is 11.2 Å².